The van der Waals surface area contributed by atoms with Crippen LogP contribution in [0.25, 0.3) is 0 Å². The Labute approximate surface area is 136 Å². The van der Waals surface area contributed by atoms with Crippen LogP contribution < -0.4 is 21.4 Å². The molecule has 0 spiro atoms. The quantitative estimate of drug-likeness (QED) is 0.473. The molecule has 1 aliphatic carbocycles. The average Bonchev–Trinajstić information content (AvgIpc) is 3.19. The smallest absolute Gasteiger partial charge is 0.315 e. The number of rotatable bonds is 5. The SMILES string of the molecule is CCC1NC(C2CCC3C(C2)OC[C@H]3NC(=O)NCCO)NO1. The lowest BCUT2D eigenvalue weighted by Gasteiger charge is -2.35. The van der Waals surface area contributed by atoms with E-state index in [1.165, 1.54) is 0 Å². The number of carbonyl (C=O) groups excluding carboxylic acids is 1. The number of hydroxylamine groups is 1. The highest BCUT2D eigenvalue weighted by atomic mass is 16.7. The molecular weight excluding hydrogens is 300 g/mol. The summed E-state index contributed by atoms with van der Waals surface area (Å²) in [4.78, 5) is 17.3. The van der Waals surface area contributed by atoms with E-state index in [4.69, 9.17) is 14.7 Å². The zero-order valence-corrected chi connectivity index (χ0v) is 13.6. The van der Waals surface area contributed by atoms with Crippen molar-refractivity contribution in [3.63, 3.8) is 0 Å². The van der Waals surface area contributed by atoms with Crippen molar-refractivity contribution in [2.75, 3.05) is 19.8 Å². The molecule has 2 aliphatic heterocycles. The molecule has 0 bridgehead atoms. The number of ether oxygens (including phenoxy) is 1. The van der Waals surface area contributed by atoms with Crippen molar-refractivity contribution in [1.82, 2.24) is 21.4 Å². The van der Waals surface area contributed by atoms with E-state index >= 15 is 0 Å². The summed E-state index contributed by atoms with van der Waals surface area (Å²) in [6, 6.07) is -0.169. The Morgan fingerprint density at radius 2 is 2.26 bits per heavy atom. The van der Waals surface area contributed by atoms with Gasteiger partial charge in [-0.1, -0.05) is 6.92 Å². The van der Waals surface area contributed by atoms with Crippen LogP contribution in [0.5, 0.6) is 0 Å². The second-order valence-electron chi connectivity index (χ2n) is 6.62. The van der Waals surface area contributed by atoms with E-state index in [0.29, 0.717) is 18.4 Å². The molecule has 0 aromatic heterocycles. The third-order valence-electron chi connectivity index (χ3n) is 5.15. The number of amides is 2. The number of aliphatic hydroxyl groups is 1. The van der Waals surface area contributed by atoms with Gasteiger partial charge in [-0.15, -0.1) is 0 Å². The highest BCUT2D eigenvalue weighted by molar-refractivity contribution is 5.74. The Morgan fingerprint density at radius 1 is 1.39 bits per heavy atom. The van der Waals surface area contributed by atoms with Gasteiger partial charge < -0.3 is 20.5 Å². The monoisotopic (exact) mass is 328 g/mol. The van der Waals surface area contributed by atoms with Crippen molar-refractivity contribution in [1.29, 1.82) is 0 Å². The molecule has 8 heteroatoms. The first-order valence-corrected chi connectivity index (χ1v) is 8.65. The number of urea groups is 1. The molecule has 5 unspecified atom stereocenters. The van der Waals surface area contributed by atoms with Gasteiger partial charge in [0, 0.05) is 12.5 Å². The van der Waals surface area contributed by atoms with Crippen molar-refractivity contribution in [2.45, 2.75) is 57.1 Å². The largest absolute Gasteiger partial charge is 0.395 e. The second-order valence-corrected chi connectivity index (χ2v) is 6.62. The molecule has 5 N–H and O–H groups in total. The summed E-state index contributed by atoms with van der Waals surface area (Å²) in [5, 5.41) is 17.8. The first-order chi connectivity index (χ1) is 11.2. The number of carbonyl (C=O) groups is 1. The van der Waals surface area contributed by atoms with Crippen LogP contribution in [0.4, 0.5) is 4.79 Å². The molecule has 0 aromatic carbocycles. The minimum absolute atomic E-state index is 0.0511. The molecule has 2 heterocycles. The molecule has 132 valence electrons. The van der Waals surface area contributed by atoms with E-state index in [2.05, 4.69) is 28.4 Å². The predicted octanol–water partition coefficient (Wildman–Crippen LogP) is -0.352. The molecule has 0 radical (unpaired) electrons. The van der Waals surface area contributed by atoms with E-state index in [1.54, 1.807) is 0 Å². The van der Waals surface area contributed by atoms with Crippen LogP contribution in [0.2, 0.25) is 0 Å². The summed E-state index contributed by atoms with van der Waals surface area (Å²) in [5.41, 5.74) is 3.10. The fraction of sp³-hybridized carbons (Fsp3) is 0.933. The lowest BCUT2D eigenvalue weighted by molar-refractivity contribution is 0.00265. The lowest BCUT2D eigenvalue weighted by atomic mass is 9.77. The summed E-state index contributed by atoms with van der Waals surface area (Å²) < 4.78 is 5.93. The van der Waals surface area contributed by atoms with Crippen molar-refractivity contribution >= 4 is 6.03 Å². The maximum Gasteiger partial charge on any atom is 0.315 e. The van der Waals surface area contributed by atoms with E-state index in [9.17, 15) is 4.79 Å². The Kier molecular flexibility index (Phi) is 5.71. The van der Waals surface area contributed by atoms with Crippen molar-refractivity contribution < 1.29 is 19.5 Å². The first kappa shape index (κ1) is 16.9. The molecule has 3 aliphatic rings. The Hall–Kier alpha value is -0.930. The Balaban J connectivity index is 1.47. The van der Waals surface area contributed by atoms with Gasteiger partial charge in [0.1, 0.15) is 6.23 Å². The maximum absolute atomic E-state index is 11.7. The number of hydrogen-bond acceptors (Lipinski definition) is 6. The summed E-state index contributed by atoms with van der Waals surface area (Å²) in [6.45, 7) is 2.88. The third-order valence-corrected chi connectivity index (χ3v) is 5.15. The zero-order valence-electron chi connectivity index (χ0n) is 13.6. The summed E-state index contributed by atoms with van der Waals surface area (Å²) in [5.74, 6) is 0.852. The minimum Gasteiger partial charge on any atom is -0.395 e. The van der Waals surface area contributed by atoms with E-state index in [0.717, 1.165) is 25.7 Å². The Bertz CT molecular complexity index is 411. The van der Waals surface area contributed by atoms with E-state index in [1.807, 2.05) is 0 Å². The topological polar surface area (TPSA) is 104 Å². The normalized spacial score (nSPS) is 39.9. The molecule has 8 nitrogen and oxygen atoms in total. The summed E-state index contributed by atoms with van der Waals surface area (Å²) in [7, 11) is 0. The molecule has 1 saturated carbocycles. The van der Waals surface area contributed by atoms with Gasteiger partial charge in [0.2, 0.25) is 0 Å². The van der Waals surface area contributed by atoms with Crippen LogP contribution in [0.3, 0.4) is 0 Å². The average molecular weight is 328 g/mol. The van der Waals surface area contributed by atoms with Crippen LogP contribution in [0.15, 0.2) is 0 Å². The van der Waals surface area contributed by atoms with Gasteiger partial charge >= 0.3 is 6.03 Å². The van der Waals surface area contributed by atoms with Gasteiger partial charge in [0.25, 0.3) is 0 Å². The van der Waals surface area contributed by atoms with Crippen molar-refractivity contribution in [3.8, 4) is 0 Å². The van der Waals surface area contributed by atoms with E-state index < -0.39 is 0 Å². The van der Waals surface area contributed by atoms with Crippen LogP contribution >= 0.6 is 0 Å². The van der Waals surface area contributed by atoms with E-state index in [-0.39, 0.29) is 43.7 Å². The third kappa shape index (κ3) is 3.95. The zero-order chi connectivity index (χ0) is 16.2. The second kappa shape index (κ2) is 7.76. The highest BCUT2D eigenvalue weighted by Gasteiger charge is 2.44. The van der Waals surface area contributed by atoms with Gasteiger partial charge in [0.15, 0.2) is 0 Å². The van der Waals surface area contributed by atoms with Crippen LogP contribution in [-0.4, -0.2) is 55.4 Å². The van der Waals surface area contributed by atoms with Gasteiger partial charge in [-0.05, 0) is 31.6 Å². The molecule has 0 aromatic rings. The van der Waals surface area contributed by atoms with Gasteiger partial charge in [-0.2, -0.15) is 5.48 Å². The Morgan fingerprint density at radius 3 is 3.00 bits per heavy atom. The minimum atomic E-state index is -0.228. The van der Waals surface area contributed by atoms with Gasteiger partial charge in [-0.3, -0.25) is 10.2 Å². The number of fused-ring (bicyclic) bond motifs is 1. The van der Waals surface area contributed by atoms with Crippen LogP contribution in [0.1, 0.15) is 32.6 Å². The fourth-order valence-corrected chi connectivity index (χ4v) is 3.88. The van der Waals surface area contributed by atoms with Crippen LogP contribution in [0, 0.1) is 11.8 Å². The molecule has 6 atom stereocenters. The van der Waals surface area contributed by atoms with Gasteiger partial charge in [-0.25, -0.2) is 4.79 Å². The van der Waals surface area contributed by atoms with Crippen molar-refractivity contribution in [2.24, 2.45) is 11.8 Å². The highest BCUT2D eigenvalue weighted by Crippen LogP contribution is 2.38. The molecule has 3 rings (SSSR count). The van der Waals surface area contributed by atoms with Gasteiger partial charge in [0.05, 0.1) is 31.5 Å². The first-order valence-electron chi connectivity index (χ1n) is 8.65. The number of nitrogens with one attached hydrogen (secondary N) is 4. The molecule has 2 saturated heterocycles. The summed E-state index contributed by atoms with van der Waals surface area (Å²) in [6.07, 6.45) is 4.51. The van der Waals surface area contributed by atoms with Crippen molar-refractivity contribution in [3.05, 3.63) is 0 Å². The number of aliphatic hydroxyl groups excluding tert-OH is 1. The fourth-order valence-electron chi connectivity index (χ4n) is 3.88. The predicted molar refractivity (Wildman–Crippen MR) is 83.2 cm³/mol. The number of hydrogen-bond donors (Lipinski definition) is 5. The molecule has 2 amide bonds. The molecular formula is C15H28N4O4. The standard InChI is InChI=1S/C15H28N4O4/c1-2-13-18-14(19-23-13)9-3-4-10-11(8-22-12(10)7-9)17-15(21)16-5-6-20/h9-14,18-20H,2-8H2,1H3,(H2,16,17,21)/t9?,10?,11-,12?,13?,14?/m1/s1. The lowest BCUT2D eigenvalue weighted by Crippen LogP contribution is -2.49. The molecule has 3 fully saturated rings. The van der Waals surface area contributed by atoms with Crippen LogP contribution in [-0.2, 0) is 9.57 Å². The summed E-state index contributed by atoms with van der Waals surface area (Å²) >= 11 is 0. The molecule has 23 heavy (non-hydrogen) atoms. The maximum atomic E-state index is 11.7.